The molecule has 6 nitrogen and oxygen atoms in total. The van der Waals surface area contributed by atoms with Crippen LogP contribution < -0.4 is 15.1 Å². The molecule has 1 N–H and O–H groups in total. The van der Waals surface area contributed by atoms with E-state index in [4.69, 9.17) is 0 Å². The topological polar surface area (TPSA) is 61.4 Å². The monoisotopic (exact) mass is 365 g/mol. The Bertz CT molecular complexity index is 707. The molecule has 1 aromatic heterocycles. The van der Waals surface area contributed by atoms with Crippen LogP contribution in [-0.4, -0.2) is 41.4 Å². The predicted molar refractivity (Wildman–Crippen MR) is 99.7 cm³/mol. The summed E-state index contributed by atoms with van der Waals surface area (Å²) in [6.45, 7) is 10.6. The molecular weight excluding hydrogens is 340 g/mol. The van der Waals surface area contributed by atoms with Crippen molar-refractivity contribution in [2.24, 2.45) is 0 Å². The van der Waals surface area contributed by atoms with Gasteiger partial charge in [0.25, 0.3) is 5.91 Å². The lowest BCUT2D eigenvalue weighted by Crippen LogP contribution is -2.48. The average molecular weight is 365 g/mol. The van der Waals surface area contributed by atoms with Gasteiger partial charge in [-0.1, -0.05) is 33.4 Å². The molecule has 1 aliphatic rings. The fourth-order valence-corrected chi connectivity index (χ4v) is 3.00. The minimum absolute atomic E-state index is 0.158. The highest BCUT2D eigenvalue weighted by atomic mass is 19.3. The van der Waals surface area contributed by atoms with Gasteiger partial charge in [0.15, 0.2) is 5.82 Å². The number of rotatable bonds is 7. The van der Waals surface area contributed by atoms with Crippen molar-refractivity contribution in [2.45, 2.75) is 45.1 Å². The van der Waals surface area contributed by atoms with Crippen LogP contribution in [0, 0.1) is 0 Å². The lowest BCUT2D eigenvalue weighted by atomic mass is 10.1. The Morgan fingerprint density at radius 3 is 2.77 bits per heavy atom. The number of allylic oxidation sites excluding steroid dienone is 1. The summed E-state index contributed by atoms with van der Waals surface area (Å²) < 4.78 is 29.0. The zero-order valence-corrected chi connectivity index (χ0v) is 15.4. The van der Waals surface area contributed by atoms with E-state index in [1.54, 1.807) is 0 Å². The first kappa shape index (κ1) is 19.8. The smallest absolute Gasteiger partial charge is 0.342 e. The predicted octanol–water partition coefficient (Wildman–Crippen LogP) is 3.59. The lowest BCUT2D eigenvalue weighted by molar-refractivity contribution is -0.140. The van der Waals surface area contributed by atoms with Crippen molar-refractivity contribution in [1.82, 2.24) is 9.97 Å². The Morgan fingerprint density at radius 2 is 2.19 bits per heavy atom. The number of hydrogen-bond acceptors (Lipinski definition) is 5. The Labute approximate surface area is 152 Å². The van der Waals surface area contributed by atoms with Crippen molar-refractivity contribution in [2.75, 3.05) is 28.7 Å². The molecule has 1 amide bonds. The third kappa shape index (κ3) is 3.84. The van der Waals surface area contributed by atoms with E-state index in [-0.39, 0.29) is 17.7 Å². The molecule has 26 heavy (non-hydrogen) atoms. The van der Waals surface area contributed by atoms with Crippen LogP contribution in [-0.2, 0) is 4.79 Å². The second kappa shape index (κ2) is 7.80. The van der Waals surface area contributed by atoms with E-state index in [1.165, 1.54) is 24.2 Å². The first-order chi connectivity index (χ1) is 12.2. The van der Waals surface area contributed by atoms with Gasteiger partial charge < -0.3 is 15.1 Å². The molecule has 0 aliphatic carbocycles. The van der Waals surface area contributed by atoms with Crippen LogP contribution in [0.2, 0.25) is 0 Å². The van der Waals surface area contributed by atoms with Gasteiger partial charge in [0.2, 0.25) is 5.95 Å². The number of anilines is 3. The molecule has 0 spiro atoms. The zero-order valence-electron chi connectivity index (χ0n) is 15.4. The van der Waals surface area contributed by atoms with Crippen LogP contribution in [0.1, 0.15) is 33.1 Å². The van der Waals surface area contributed by atoms with Crippen LogP contribution in [0.15, 0.2) is 31.1 Å². The molecule has 0 saturated heterocycles. The molecule has 1 atom stereocenters. The number of carbonyl (C=O) groups is 1. The summed E-state index contributed by atoms with van der Waals surface area (Å²) in [4.78, 5) is 23.2. The highest BCUT2D eigenvalue weighted by Crippen LogP contribution is 2.37. The molecule has 0 radical (unpaired) electrons. The van der Waals surface area contributed by atoms with Crippen LogP contribution in [0.25, 0.3) is 0 Å². The van der Waals surface area contributed by atoms with Gasteiger partial charge in [0.1, 0.15) is 5.69 Å². The molecule has 2 heterocycles. The first-order valence-corrected chi connectivity index (χ1v) is 8.63. The number of amides is 1. The van der Waals surface area contributed by atoms with Crippen molar-refractivity contribution in [1.29, 1.82) is 0 Å². The third-order valence-corrected chi connectivity index (χ3v) is 4.42. The fourth-order valence-electron chi connectivity index (χ4n) is 3.00. The van der Waals surface area contributed by atoms with Crippen molar-refractivity contribution in [3.8, 4) is 0 Å². The second-order valence-electron chi connectivity index (χ2n) is 6.30. The number of nitrogens with zero attached hydrogens (tertiary/aromatic N) is 4. The molecule has 0 saturated carbocycles. The van der Waals surface area contributed by atoms with E-state index in [0.717, 1.165) is 17.7 Å². The van der Waals surface area contributed by atoms with Gasteiger partial charge >= 0.3 is 5.92 Å². The van der Waals surface area contributed by atoms with Crippen LogP contribution in [0.4, 0.5) is 26.2 Å². The minimum Gasteiger partial charge on any atom is -0.345 e. The number of hydrogen-bond donors (Lipinski definition) is 1. The Hall–Kier alpha value is -2.51. The largest absolute Gasteiger partial charge is 0.345 e. The highest BCUT2D eigenvalue weighted by Gasteiger charge is 2.48. The first-order valence-electron chi connectivity index (χ1n) is 8.63. The van der Waals surface area contributed by atoms with E-state index in [2.05, 4.69) is 28.4 Å². The van der Waals surface area contributed by atoms with Gasteiger partial charge in [-0.05, 0) is 18.9 Å². The summed E-state index contributed by atoms with van der Waals surface area (Å²) in [5.74, 6) is -4.23. The molecule has 1 aliphatic heterocycles. The van der Waals surface area contributed by atoms with E-state index < -0.39 is 18.4 Å². The maximum atomic E-state index is 14.5. The van der Waals surface area contributed by atoms with E-state index >= 15 is 0 Å². The van der Waals surface area contributed by atoms with E-state index in [0.29, 0.717) is 17.9 Å². The van der Waals surface area contributed by atoms with Gasteiger partial charge in [-0.25, -0.2) is 4.98 Å². The van der Waals surface area contributed by atoms with Gasteiger partial charge in [-0.15, -0.1) is 0 Å². The number of carbonyl (C=O) groups excluding carboxylic acids is 1. The SMILES string of the molecule is C=CC(=C)Nc1ncc2c(n1)N(C(CC)CCC)CC(F)(F)C(=O)N2C. The molecular formula is C18H25F2N5O. The van der Waals surface area contributed by atoms with Crippen molar-refractivity contribution in [3.63, 3.8) is 0 Å². The number of halogens is 2. The minimum atomic E-state index is -3.51. The molecule has 2 rings (SSSR count). The normalized spacial score (nSPS) is 17.3. The Balaban J connectivity index is 2.58. The summed E-state index contributed by atoms with van der Waals surface area (Å²) in [5, 5.41) is 2.87. The maximum absolute atomic E-state index is 14.5. The van der Waals surface area contributed by atoms with Crippen LogP contribution in [0.5, 0.6) is 0 Å². The number of alkyl halides is 2. The number of aromatic nitrogens is 2. The fraction of sp³-hybridized carbons (Fsp3) is 0.500. The van der Waals surface area contributed by atoms with Crippen molar-refractivity contribution < 1.29 is 13.6 Å². The van der Waals surface area contributed by atoms with E-state index in [9.17, 15) is 13.6 Å². The average Bonchev–Trinajstić information content (AvgIpc) is 2.69. The Morgan fingerprint density at radius 1 is 1.50 bits per heavy atom. The maximum Gasteiger partial charge on any atom is 0.342 e. The molecule has 1 unspecified atom stereocenters. The molecule has 0 fully saturated rings. The summed E-state index contributed by atoms with van der Waals surface area (Å²) in [6.07, 6.45) is 5.10. The zero-order chi connectivity index (χ0) is 19.5. The molecule has 1 aromatic rings. The molecule has 0 aromatic carbocycles. The van der Waals surface area contributed by atoms with Gasteiger partial charge in [0.05, 0.1) is 12.7 Å². The molecule has 142 valence electrons. The summed E-state index contributed by atoms with van der Waals surface area (Å²) in [5.41, 5.74) is 0.747. The van der Waals surface area contributed by atoms with E-state index in [1.807, 2.05) is 13.8 Å². The number of fused-ring (bicyclic) bond motifs is 1. The lowest BCUT2D eigenvalue weighted by Gasteiger charge is -2.33. The van der Waals surface area contributed by atoms with Gasteiger partial charge in [0, 0.05) is 18.8 Å². The Kier molecular flexibility index (Phi) is 5.94. The van der Waals surface area contributed by atoms with Gasteiger partial charge in [-0.2, -0.15) is 13.8 Å². The summed E-state index contributed by atoms with van der Waals surface area (Å²) in [7, 11) is 1.32. The summed E-state index contributed by atoms with van der Waals surface area (Å²) >= 11 is 0. The standard InChI is InChI=1S/C18H25F2N5O/c1-6-9-13(8-3)25-11-18(19,20)16(26)24(5)14-10-21-17(23-15(14)25)22-12(4)7-2/h7,10,13H,2,4,6,8-9,11H2,1,3,5H3,(H,21,22,23). The second-order valence-corrected chi connectivity index (χ2v) is 6.30. The quantitative estimate of drug-likeness (QED) is 0.749. The molecule has 0 bridgehead atoms. The highest BCUT2D eigenvalue weighted by molar-refractivity contribution is 6.01. The third-order valence-electron chi connectivity index (χ3n) is 4.42. The van der Waals surface area contributed by atoms with Crippen LogP contribution in [0.3, 0.4) is 0 Å². The number of nitrogens with one attached hydrogen (secondary N) is 1. The summed E-state index contributed by atoms with van der Waals surface area (Å²) in [6, 6.07) is -0.158. The van der Waals surface area contributed by atoms with Crippen molar-refractivity contribution in [3.05, 3.63) is 31.1 Å². The van der Waals surface area contributed by atoms with Crippen LogP contribution >= 0.6 is 0 Å². The van der Waals surface area contributed by atoms with Gasteiger partial charge in [-0.3, -0.25) is 4.79 Å². The van der Waals surface area contributed by atoms with Crippen molar-refractivity contribution >= 4 is 23.4 Å². The molecule has 8 heteroatoms.